The molecule has 0 fully saturated rings. The molecule has 2 aromatic carbocycles. The number of para-hydroxylation sites is 1. The molecule has 0 aliphatic heterocycles. The lowest BCUT2D eigenvalue weighted by atomic mass is 9.88. The van der Waals surface area contributed by atoms with Crippen LogP contribution in [0.3, 0.4) is 0 Å². The molecule has 2 unspecified atom stereocenters. The van der Waals surface area contributed by atoms with Gasteiger partial charge in [-0.1, -0.05) is 58.4 Å². The maximum absolute atomic E-state index is 12.7. The largest absolute Gasteiger partial charge is 0.456 e. The zero-order valence-electron chi connectivity index (χ0n) is 11.5. The molecule has 2 aliphatic rings. The van der Waals surface area contributed by atoms with Gasteiger partial charge in [0, 0.05) is 32.3 Å². The lowest BCUT2D eigenvalue weighted by Gasteiger charge is -2.16. The van der Waals surface area contributed by atoms with Gasteiger partial charge in [0.15, 0.2) is 5.78 Å². The van der Waals surface area contributed by atoms with E-state index in [1.165, 1.54) is 0 Å². The molecule has 2 aliphatic carbocycles. The summed E-state index contributed by atoms with van der Waals surface area (Å²) in [5.41, 5.74) is 3.56. The van der Waals surface area contributed by atoms with E-state index in [2.05, 4.69) is 28.1 Å². The summed E-state index contributed by atoms with van der Waals surface area (Å²) in [5, 5.41) is 2.19. The first-order valence-electron chi connectivity index (χ1n) is 7.28. The third kappa shape index (κ3) is 1.47. The second kappa shape index (κ2) is 4.20. The van der Waals surface area contributed by atoms with E-state index in [1.807, 2.05) is 42.5 Å². The van der Waals surface area contributed by atoms with Crippen molar-refractivity contribution in [1.29, 1.82) is 0 Å². The van der Waals surface area contributed by atoms with Crippen LogP contribution >= 0.6 is 15.9 Å². The van der Waals surface area contributed by atoms with Gasteiger partial charge in [-0.15, -0.1) is 0 Å². The van der Waals surface area contributed by atoms with Gasteiger partial charge >= 0.3 is 0 Å². The number of carbonyl (C=O) groups is 1. The second-order valence-electron chi connectivity index (χ2n) is 5.83. The Morgan fingerprint density at radius 1 is 1.00 bits per heavy atom. The van der Waals surface area contributed by atoms with Crippen molar-refractivity contribution in [3.8, 4) is 0 Å². The number of hydrogen-bond acceptors (Lipinski definition) is 2. The first kappa shape index (κ1) is 12.4. The molecule has 0 saturated carbocycles. The van der Waals surface area contributed by atoms with Gasteiger partial charge in [-0.25, -0.2) is 0 Å². The summed E-state index contributed by atoms with van der Waals surface area (Å²) in [6.07, 6.45) is 6.12. The molecule has 3 heteroatoms. The number of halogens is 1. The van der Waals surface area contributed by atoms with Crippen molar-refractivity contribution in [1.82, 2.24) is 0 Å². The van der Waals surface area contributed by atoms with Crippen LogP contribution in [-0.2, 0) is 0 Å². The molecule has 1 aromatic heterocycles. The molecule has 3 aromatic rings. The van der Waals surface area contributed by atoms with Crippen LogP contribution in [0.25, 0.3) is 21.9 Å². The van der Waals surface area contributed by atoms with Crippen molar-refractivity contribution in [2.75, 3.05) is 0 Å². The fourth-order valence-corrected chi connectivity index (χ4v) is 4.13. The molecule has 2 nitrogen and oxygen atoms in total. The van der Waals surface area contributed by atoms with Gasteiger partial charge in [0.1, 0.15) is 11.2 Å². The Kier molecular flexibility index (Phi) is 2.37. The van der Waals surface area contributed by atoms with E-state index in [0.29, 0.717) is 0 Å². The predicted molar refractivity (Wildman–Crippen MR) is 90.4 cm³/mol. The lowest BCUT2D eigenvalue weighted by Crippen LogP contribution is -2.11. The topological polar surface area (TPSA) is 30.2 Å². The highest BCUT2D eigenvalue weighted by Gasteiger charge is 2.40. The number of Topliss-reactive ketones (excluding diaryl/α,β-unsaturated/α-hetero) is 1. The summed E-state index contributed by atoms with van der Waals surface area (Å²) in [6, 6.07) is 12.0. The van der Waals surface area contributed by atoms with Gasteiger partial charge < -0.3 is 4.42 Å². The first-order valence-corrected chi connectivity index (χ1v) is 8.07. The maximum atomic E-state index is 12.7. The second-order valence-corrected chi connectivity index (χ2v) is 6.74. The SMILES string of the molecule is O=C1c2ccc3c(oc4ccccc43)c2C2C=CC(Br)=CC12. The normalized spacial score (nSPS) is 23.0. The fraction of sp³-hybridized carbons (Fsp3) is 0.105. The van der Waals surface area contributed by atoms with Crippen molar-refractivity contribution >= 4 is 43.7 Å². The summed E-state index contributed by atoms with van der Waals surface area (Å²) < 4.78 is 7.07. The average Bonchev–Trinajstić information content (AvgIpc) is 3.04. The Balaban J connectivity index is 1.88. The van der Waals surface area contributed by atoms with Crippen LogP contribution in [0.5, 0.6) is 0 Å². The number of fused-ring (bicyclic) bond motifs is 7. The van der Waals surface area contributed by atoms with Gasteiger partial charge in [-0.3, -0.25) is 4.79 Å². The Morgan fingerprint density at radius 3 is 2.77 bits per heavy atom. The van der Waals surface area contributed by atoms with Crippen molar-refractivity contribution in [3.63, 3.8) is 0 Å². The number of allylic oxidation sites excluding steroid dienone is 4. The van der Waals surface area contributed by atoms with E-state index in [4.69, 9.17) is 4.42 Å². The molecule has 2 atom stereocenters. The minimum absolute atomic E-state index is 0.0769. The van der Waals surface area contributed by atoms with E-state index in [9.17, 15) is 4.79 Å². The zero-order valence-corrected chi connectivity index (χ0v) is 13.1. The van der Waals surface area contributed by atoms with E-state index >= 15 is 0 Å². The smallest absolute Gasteiger partial charge is 0.171 e. The minimum atomic E-state index is -0.117. The highest BCUT2D eigenvalue weighted by atomic mass is 79.9. The van der Waals surface area contributed by atoms with Crippen LogP contribution in [0.1, 0.15) is 21.8 Å². The maximum Gasteiger partial charge on any atom is 0.171 e. The van der Waals surface area contributed by atoms with Crippen LogP contribution in [0, 0.1) is 5.92 Å². The molecule has 5 rings (SSSR count). The van der Waals surface area contributed by atoms with E-state index < -0.39 is 0 Å². The molecule has 106 valence electrons. The molecule has 0 N–H and O–H groups in total. The molecule has 1 heterocycles. The quantitative estimate of drug-likeness (QED) is 0.548. The lowest BCUT2D eigenvalue weighted by molar-refractivity contribution is 0.0954. The van der Waals surface area contributed by atoms with E-state index in [1.54, 1.807) is 0 Å². The third-order valence-corrected chi connectivity index (χ3v) is 5.20. The molecule has 0 spiro atoms. The summed E-state index contributed by atoms with van der Waals surface area (Å²) in [4.78, 5) is 12.7. The first-order chi connectivity index (χ1) is 10.7. The Morgan fingerprint density at radius 2 is 1.86 bits per heavy atom. The number of benzene rings is 2. The van der Waals surface area contributed by atoms with Crippen LogP contribution in [0.4, 0.5) is 0 Å². The van der Waals surface area contributed by atoms with Crippen LogP contribution in [0.2, 0.25) is 0 Å². The Hall–Kier alpha value is -2.13. The molecule has 0 amide bonds. The van der Waals surface area contributed by atoms with Crippen LogP contribution in [-0.4, -0.2) is 5.78 Å². The summed E-state index contributed by atoms with van der Waals surface area (Å²) in [7, 11) is 0. The van der Waals surface area contributed by atoms with Gasteiger partial charge in [-0.05, 0) is 12.1 Å². The van der Waals surface area contributed by atoms with Crippen LogP contribution < -0.4 is 0 Å². The summed E-state index contributed by atoms with van der Waals surface area (Å²) in [5.74, 6) is 0.143. The number of rotatable bonds is 0. The van der Waals surface area contributed by atoms with Crippen molar-refractivity contribution in [3.05, 3.63) is 70.2 Å². The molecular weight excluding hydrogens is 340 g/mol. The number of ketones is 1. The van der Waals surface area contributed by atoms with Gasteiger partial charge in [0.05, 0.1) is 5.92 Å². The Labute approximate surface area is 135 Å². The van der Waals surface area contributed by atoms with E-state index in [0.717, 1.165) is 37.5 Å². The fourth-order valence-electron chi connectivity index (χ4n) is 3.70. The number of carbonyl (C=O) groups excluding carboxylic acids is 1. The number of furan rings is 1. The summed E-state index contributed by atoms with van der Waals surface area (Å²) >= 11 is 3.47. The molecule has 22 heavy (non-hydrogen) atoms. The monoisotopic (exact) mass is 350 g/mol. The van der Waals surface area contributed by atoms with Gasteiger partial charge in [-0.2, -0.15) is 0 Å². The average molecular weight is 351 g/mol. The van der Waals surface area contributed by atoms with Crippen molar-refractivity contribution < 1.29 is 9.21 Å². The van der Waals surface area contributed by atoms with Crippen molar-refractivity contribution in [2.45, 2.75) is 5.92 Å². The zero-order chi connectivity index (χ0) is 14.8. The number of hydrogen-bond donors (Lipinski definition) is 0. The van der Waals surface area contributed by atoms with Crippen molar-refractivity contribution in [2.24, 2.45) is 5.92 Å². The van der Waals surface area contributed by atoms with E-state index in [-0.39, 0.29) is 17.6 Å². The highest BCUT2D eigenvalue weighted by Crippen LogP contribution is 2.47. The standard InChI is InChI=1S/C19H11BrO2/c20-10-5-6-12-15(9-10)18(21)14-8-7-13-11-3-1-2-4-16(11)22-19(13)17(12)14/h1-9,12,15H. The van der Waals surface area contributed by atoms with Gasteiger partial charge in [0.25, 0.3) is 0 Å². The Bertz CT molecular complexity index is 1020. The van der Waals surface area contributed by atoms with Crippen LogP contribution in [0.15, 0.2) is 63.5 Å². The molecular formula is C19H11BrO2. The summed E-state index contributed by atoms with van der Waals surface area (Å²) in [6.45, 7) is 0. The highest BCUT2D eigenvalue weighted by molar-refractivity contribution is 9.11. The predicted octanol–water partition coefficient (Wildman–Crippen LogP) is 5.33. The molecule has 0 saturated heterocycles. The third-order valence-electron chi connectivity index (χ3n) is 4.68. The molecule has 0 bridgehead atoms. The minimum Gasteiger partial charge on any atom is -0.456 e. The molecule has 0 radical (unpaired) electrons. The van der Waals surface area contributed by atoms with Gasteiger partial charge in [0.2, 0.25) is 0 Å².